The summed E-state index contributed by atoms with van der Waals surface area (Å²) in [4.78, 5) is 0. The molecule has 140 valence electrons. The monoisotopic (exact) mass is 369 g/mol. The maximum atomic E-state index is 6.05. The third-order valence-corrected chi connectivity index (χ3v) is 5.35. The van der Waals surface area contributed by atoms with Gasteiger partial charge in [0.05, 0.1) is 18.0 Å². The molecule has 0 radical (unpaired) electrons. The third-order valence-electron chi connectivity index (χ3n) is 5.35. The van der Waals surface area contributed by atoms with Gasteiger partial charge in [-0.15, -0.1) is 0 Å². The highest BCUT2D eigenvalue weighted by Gasteiger charge is 2.30. The molecule has 0 amide bonds. The molecule has 3 aromatic carbocycles. The zero-order chi connectivity index (χ0) is 19.3. The second-order valence-electron chi connectivity index (χ2n) is 7.34. The summed E-state index contributed by atoms with van der Waals surface area (Å²) in [5, 5.41) is 10.9. The first-order chi connectivity index (χ1) is 13.7. The summed E-state index contributed by atoms with van der Waals surface area (Å²) in [6.45, 7) is 6.82. The lowest BCUT2D eigenvalue weighted by Crippen LogP contribution is -2.26. The van der Waals surface area contributed by atoms with Crippen molar-refractivity contribution in [2.75, 3.05) is 11.9 Å². The highest BCUT2D eigenvalue weighted by molar-refractivity contribution is 5.90. The van der Waals surface area contributed by atoms with Gasteiger partial charge in [-0.25, -0.2) is 4.68 Å². The molecule has 28 heavy (non-hydrogen) atoms. The van der Waals surface area contributed by atoms with Crippen LogP contribution in [0.2, 0.25) is 0 Å². The van der Waals surface area contributed by atoms with E-state index in [1.807, 2.05) is 13.8 Å². The summed E-state index contributed by atoms with van der Waals surface area (Å²) in [7, 11) is 0. The molecule has 0 bridgehead atoms. The van der Waals surface area contributed by atoms with Crippen LogP contribution in [0.5, 0.6) is 5.75 Å². The predicted octanol–water partition coefficient (Wildman–Crippen LogP) is 5.69. The number of fused-ring (bicyclic) bond motifs is 4. The van der Waals surface area contributed by atoms with Crippen LogP contribution >= 0.6 is 0 Å². The molecule has 0 fully saturated rings. The van der Waals surface area contributed by atoms with Gasteiger partial charge in [-0.3, -0.25) is 0 Å². The van der Waals surface area contributed by atoms with E-state index < -0.39 is 0 Å². The standard InChI is InChI=1S/C24H23N3O/c1-4-28-22-12-10-17-7-5-6-8-18(17)23(22)24-25-20-11-9-15(2)13-19(20)21-14-16(3)26-27(21)24/h5-14,24-25H,4H2,1-3H3. The highest BCUT2D eigenvalue weighted by Crippen LogP contribution is 2.43. The molecule has 4 heteroatoms. The Kier molecular flexibility index (Phi) is 3.86. The van der Waals surface area contributed by atoms with Gasteiger partial charge in [0, 0.05) is 16.8 Å². The molecule has 1 atom stereocenters. The van der Waals surface area contributed by atoms with Crippen LogP contribution in [-0.2, 0) is 0 Å². The topological polar surface area (TPSA) is 39.1 Å². The molecule has 1 unspecified atom stereocenters. The van der Waals surface area contributed by atoms with Crippen molar-refractivity contribution in [3.63, 3.8) is 0 Å². The summed E-state index contributed by atoms with van der Waals surface area (Å²) in [6, 6.07) is 21.3. The summed E-state index contributed by atoms with van der Waals surface area (Å²) in [6.07, 6.45) is -0.133. The van der Waals surface area contributed by atoms with E-state index in [2.05, 4.69) is 77.6 Å². The Labute approximate surface area is 164 Å². The van der Waals surface area contributed by atoms with E-state index in [4.69, 9.17) is 9.84 Å². The van der Waals surface area contributed by atoms with Gasteiger partial charge in [-0.1, -0.05) is 42.0 Å². The maximum Gasteiger partial charge on any atom is 0.151 e. The van der Waals surface area contributed by atoms with Crippen molar-refractivity contribution in [3.8, 4) is 17.0 Å². The van der Waals surface area contributed by atoms with Crippen molar-refractivity contribution >= 4 is 16.5 Å². The van der Waals surface area contributed by atoms with E-state index in [0.29, 0.717) is 6.61 Å². The van der Waals surface area contributed by atoms with Crippen LogP contribution in [0.25, 0.3) is 22.0 Å². The quantitative estimate of drug-likeness (QED) is 0.504. The van der Waals surface area contributed by atoms with Gasteiger partial charge < -0.3 is 10.1 Å². The number of anilines is 1. The predicted molar refractivity (Wildman–Crippen MR) is 114 cm³/mol. The number of aromatic nitrogens is 2. The molecular formula is C24H23N3O. The average molecular weight is 369 g/mol. The van der Waals surface area contributed by atoms with Crippen molar-refractivity contribution in [3.05, 3.63) is 77.5 Å². The molecule has 1 aromatic heterocycles. The van der Waals surface area contributed by atoms with Crippen molar-refractivity contribution < 1.29 is 4.74 Å². The molecule has 0 saturated heterocycles. The fourth-order valence-electron chi connectivity index (χ4n) is 4.15. The van der Waals surface area contributed by atoms with E-state index in [-0.39, 0.29) is 6.17 Å². The van der Waals surface area contributed by atoms with Crippen LogP contribution in [0.15, 0.2) is 60.7 Å². The fourth-order valence-corrected chi connectivity index (χ4v) is 4.15. The first-order valence-corrected chi connectivity index (χ1v) is 9.74. The van der Waals surface area contributed by atoms with Crippen LogP contribution in [0.3, 0.4) is 0 Å². The number of ether oxygens (including phenoxy) is 1. The third kappa shape index (κ3) is 2.56. The molecule has 0 spiro atoms. The molecule has 4 aromatic rings. The lowest BCUT2D eigenvalue weighted by Gasteiger charge is -2.31. The Morgan fingerprint density at radius 3 is 2.75 bits per heavy atom. The number of rotatable bonds is 3. The summed E-state index contributed by atoms with van der Waals surface area (Å²) in [5.41, 5.74) is 6.82. The minimum absolute atomic E-state index is 0.133. The first-order valence-electron chi connectivity index (χ1n) is 9.74. The zero-order valence-corrected chi connectivity index (χ0v) is 16.4. The summed E-state index contributed by atoms with van der Waals surface area (Å²) >= 11 is 0. The minimum Gasteiger partial charge on any atom is -0.493 e. The van der Waals surface area contributed by atoms with Gasteiger partial charge in [-0.05, 0) is 55.8 Å². The lowest BCUT2D eigenvalue weighted by atomic mass is 9.97. The average Bonchev–Trinajstić information content (AvgIpc) is 3.10. The Balaban J connectivity index is 1.79. The first kappa shape index (κ1) is 16.9. The van der Waals surface area contributed by atoms with Gasteiger partial charge >= 0.3 is 0 Å². The van der Waals surface area contributed by atoms with Gasteiger partial charge in [0.15, 0.2) is 6.17 Å². The number of hydrogen-bond acceptors (Lipinski definition) is 3. The normalized spacial score (nSPS) is 15.0. The zero-order valence-electron chi connectivity index (χ0n) is 16.4. The van der Waals surface area contributed by atoms with Crippen LogP contribution in [0.4, 0.5) is 5.69 Å². The Hall–Kier alpha value is -3.27. The molecule has 0 aliphatic carbocycles. The lowest BCUT2D eigenvalue weighted by molar-refractivity contribution is 0.333. The van der Waals surface area contributed by atoms with Gasteiger partial charge in [0.1, 0.15) is 5.75 Å². The van der Waals surface area contributed by atoms with Crippen LogP contribution in [0.1, 0.15) is 29.9 Å². The smallest absolute Gasteiger partial charge is 0.151 e. The van der Waals surface area contributed by atoms with Crippen molar-refractivity contribution in [1.82, 2.24) is 9.78 Å². The van der Waals surface area contributed by atoms with E-state index in [9.17, 15) is 0 Å². The van der Waals surface area contributed by atoms with E-state index in [1.54, 1.807) is 0 Å². The van der Waals surface area contributed by atoms with Gasteiger partial charge in [-0.2, -0.15) is 5.10 Å². The number of hydrogen-bond donors (Lipinski definition) is 1. The number of nitrogens with one attached hydrogen (secondary N) is 1. The molecule has 2 heterocycles. The fraction of sp³-hybridized carbons (Fsp3) is 0.208. The van der Waals surface area contributed by atoms with Crippen LogP contribution < -0.4 is 10.1 Å². The van der Waals surface area contributed by atoms with Crippen molar-refractivity contribution in [2.24, 2.45) is 0 Å². The molecule has 1 N–H and O–H groups in total. The SMILES string of the molecule is CCOc1ccc2ccccc2c1C1Nc2ccc(C)cc2-c2cc(C)nn21. The minimum atomic E-state index is -0.133. The summed E-state index contributed by atoms with van der Waals surface area (Å²) < 4.78 is 8.14. The number of aryl methyl sites for hydroxylation is 2. The van der Waals surface area contributed by atoms with E-state index in [0.717, 1.165) is 28.4 Å². The molecule has 0 saturated carbocycles. The molecule has 1 aliphatic rings. The second kappa shape index (κ2) is 6.41. The largest absolute Gasteiger partial charge is 0.493 e. The number of benzene rings is 3. The van der Waals surface area contributed by atoms with Crippen molar-refractivity contribution in [2.45, 2.75) is 26.9 Å². The molecular weight excluding hydrogens is 346 g/mol. The second-order valence-corrected chi connectivity index (χ2v) is 7.34. The Bertz CT molecular complexity index is 1190. The highest BCUT2D eigenvalue weighted by atomic mass is 16.5. The van der Waals surface area contributed by atoms with E-state index >= 15 is 0 Å². The van der Waals surface area contributed by atoms with Crippen LogP contribution in [-0.4, -0.2) is 16.4 Å². The number of nitrogens with zero attached hydrogens (tertiary/aromatic N) is 2. The van der Waals surface area contributed by atoms with Crippen LogP contribution in [0, 0.1) is 13.8 Å². The molecule has 1 aliphatic heterocycles. The Morgan fingerprint density at radius 2 is 1.89 bits per heavy atom. The molecule has 4 nitrogen and oxygen atoms in total. The molecule has 5 rings (SSSR count). The van der Waals surface area contributed by atoms with E-state index in [1.165, 1.54) is 21.9 Å². The Morgan fingerprint density at radius 1 is 1.04 bits per heavy atom. The van der Waals surface area contributed by atoms with Gasteiger partial charge in [0.2, 0.25) is 0 Å². The van der Waals surface area contributed by atoms with Gasteiger partial charge in [0.25, 0.3) is 0 Å². The van der Waals surface area contributed by atoms with Crippen molar-refractivity contribution in [1.29, 1.82) is 0 Å². The summed E-state index contributed by atoms with van der Waals surface area (Å²) in [5.74, 6) is 0.897. The maximum absolute atomic E-state index is 6.05.